The number of nitrogen functional groups attached to an aromatic ring is 1. The third-order valence-corrected chi connectivity index (χ3v) is 2.75. The predicted molar refractivity (Wildman–Crippen MR) is 66.1 cm³/mol. The highest BCUT2D eigenvalue weighted by atomic mass is 19.1. The maximum absolute atomic E-state index is 13.7. The van der Waals surface area contributed by atoms with Gasteiger partial charge in [-0.15, -0.1) is 0 Å². The van der Waals surface area contributed by atoms with Crippen LogP contribution in [0.1, 0.15) is 0 Å². The van der Waals surface area contributed by atoms with E-state index in [0.29, 0.717) is 22.7 Å². The van der Waals surface area contributed by atoms with Gasteiger partial charge in [-0.3, -0.25) is 4.68 Å². The van der Waals surface area contributed by atoms with E-state index in [4.69, 9.17) is 15.2 Å². The minimum atomic E-state index is -0.475. The van der Waals surface area contributed by atoms with Gasteiger partial charge in [-0.05, 0) is 12.1 Å². The van der Waals surface area contributed by atoms with Crippen molar-refractivity contribution >= 4 is 5.82 Å². The number of benzene rings is 1. The lowest BCUT2D eigenvalue weighted by Crippen LogP contribution is -2.00. The molecule has 5 nitrogen and oxygen atoms in total. The fourth-order valence-electron chi connectivity index (χ4n) is 1.80. The maximum Gasteiger partial charge on any atom is 0.166 e. The Morgan fingerprint density at radius 1 is 1.28 bits per heavy atom. The number of ether oxygens (including phenoxy) is 2. The van der Waals surface area contributed by atoms with Gasteiger partial charge in [0.2, 0.25) is 0 Å². The summed E-state index contributed by atoms with van der Waals surface area (Å²) in [6, 6.07) is 2.81. The standard InChI is InChI=1S/C12H14FN3O2/c1-16-12(14)7(6-15-16)10-9(17-2)5-4-8(13)11(10)18-3/h4-6H,14H2,1-3H3. The summed E-state index contributed by atoms with van der Waals surface area (Å²) < 4.78 is 25.6. The Balaban J connectivity index is 2.75. The van der Waals surface area contributed by atoms with E-state index in [0.717, 1.165) is 0 Å². The van der Waals surface area contributed by atoms with Crippen LogP contribution in [0, 0.1) is 5.82 Å². The first kappa shape index (κ1) is 12.2. The molecule has 0 aliphatic rings. The summed E-state index contributed by atoms with van der Waals surface area (Å²) in [5.41, 5.74) is 6.94. The number of aryl methyl sites for hydroxylation is 1. The molecule has 2 N–H and O–H groups in total. The summed E-state index contributed by atoms with van der Waals surface area (Å²) in [6.07, 6.45) is 1.55. The zero-order valence-corrected chi connectivity index (χ0v) is 10.4. The summed E-state index contributed by atoms with van der Waals surface area (Å²) in [7, 11) is 4.60. The van der Waals surface area contributed by atoms with Gasteiger partial charge in [0.15, 0.2) is 11.6 Å². The van der Waals surface area contributed by atoms with Crippen LogP contribution >= 0.6 is 0 Å². The Morgan fingerprint density at radius 3 is 2.50 bits per heavy atom. The first-order valence-electron chi connectivity index (χ1n) is 5.28. The zero-order chi connectivity index (χ0) is 13.3. The molecule has 0 atom stereocenters. The van der Waals surface area contributed by atoms with Gasteiger partial charge >= 0.3 is 0 Å². The largest absolute Gasteiger partial charge is 0.496 e. The van der Waals surface area contributed by atoms with E-state index < -0.39 is 5.82 Å². The van der Waals surface area contributed by atoms with E-state index in [1.807, 2.05) is 0 Å². The third-order valence-electron chi connectivity index (χ3n) is 2.75. The van der Waals surface area contributed by atoms with E-state index in [1.54, 1.807) is 13.2 Å². The van der Waals surface area contributed by atoms with E-state index in [9.17, 15) is 4.39 Å². The molecule has 0 saturated heterocycles. The average Bonchev–Trinajstić information content (AvgIpc) is 2.69. The van der Waals surface area contributed by atoms with Crippen molar-refractivity contribution < 1.29 is 13.9 Å². The Morgan fingerprint density at radius 2 is 2.00 bits per heavy atom. The maximum atomic E-state index is 13.7. The molecule has 0 aliphatic carbocycles. The molecule has 2 aromatic rings. The van der Waals surface area contributed by atoms with Gasteiger partial charge < -0.3 is 15.2 Å². The zero-order valence-electron chi connectivity index (χ0n) is 10.4. The normalized spacial score (nSPS) is 10.4. The van der Waals surface area contributed by atoms with Crippen LogP contribution in [0.3, 0.4) is 0 Å². The number of halogens is 1. The van der Waals surface area contributed by atoms with Crippen LogP contribution in [0.25, 0.3) is 11.1 Å². The van der Waals surface area contributed by atoms with Gasteiger partial charge in [0.1, 0.15) is 11.6 Å². The lowest BCUT2D eigenvalue weighted by molar-refractivity contribution is 0.377. The number of hydrogen-bond acceptors (Lipinski definition) is 4. The topological polar surface area (TPSA) is 62.3 Å². The number of hydrogen-bond donors (Lipinski definition) is 1. The van der Waals surface area contributed by atoms with Crippen molar-refractivity contribution in [2.45, 2.75) is 0 Å². The van der Waals surface area contributed by atoms with Crippen LogP contribution in [0.15, 0.2) is 18.3 Å². The number of anilines is 1. The molecule has 96 valence electrons. The molecule has 18 heavy (non-hydrogen) atoms. The van der Waals surface area contributed by atoms with Crippen molar-refractivity contribution in [3.63, 3.8) is 0 Å². The molecule has 1 heterocycles. The Kier molecular flexibility index (Phi) is 3.10. The second kappa shape index (κ2) is 4.56. The van der Waals surface area contributed by atoms with E-state index in [-0.39, 0.29) is 5.75 Å². The second-order valence-electron chi connectivity index (χ2n) is 3.72. The lowest BCUT2D eigenvalue weighted by atomic mass is 10.1. The Bertz CT molecular complexity index is 581. The fraction of sp³-hybridized carbons (Fsp3) is 0.250. The number of methoxy groups -OCH3 is 2. The van der Waals surface area contributed by atoms with Gasteiger partial charge in [-0.2, -0.15) is 5.10 Å². The minimum Gasteiger partial charge on any atom is -0.496 e. The molecule has 2 rings (SSSR count). The smallest absolute Gasteiger partial charge is 0.166 e. The molecule has 0 fully saturated rings. The van der Waals surface area contributed by atoms with Crippen molar-refractivity contribution in [3.8, 4) is 22.6 Å². The van der Waals surface area contributed by atoms with Crippen molar-refractivity contribution in [1.82, 2.24) is 9.78 Å². The van der Waals surface area contributed by atoms with E-state index in [1.165, 1.54) is 31.0 Å². The molecular formula is C12H14FN3O2. The molecule has 0 spiro atoms. The molecule has 6 heteroatoms. The van der Waals surface area contributed by atoms with Crippen molar-refractivity contribution in [1.29, 1.82) is 0 Å². The predicted octanol–water partition coefficient (Wildman–Crippen LogP) is 1.83. The van der Waals surface area contributed by atoms with Crippen LogP contribution < -0.4 is 15.2 Å². The van der Waals surface area contributed by atoms with Gasteiger partial charge in [0.05, 0.1) is 31.5 Å². The highest BCUT2D eigenvalue weighted by molar-refractivity contribution is 5.83. The van der Waals surface area contributed by atoms with Crippen LogP contribution in [0.4, 0.5) is 10.2 Å². The van der Waals surface area contributed by atoms with E-state index in [2.05, 4.69) is 5.10 Å². The first-order chi connectivity index (χ1) is 8.60. The van der Waals surface area contributed by atoms with Crippen molar-refractivity contribution in [2.24, 2.45) is 7.05 Å². The summed E-state index contributed by atoms with van der Waals surface area (Å²) in [5, 5.41) is 4.03. The van der Waals surface area contributed by atoms with Crippen LogP contribution in [-0.2, 0) is 7.05 Å². The van der Waals surface area contributed by atoms with Gasteiger partial charge in [0, 0.05) is 7.05 Å². The van der Waals surface area contributed by atoms with Crippen molar-refractivity contribution in [2.75, 3.05) is 20.0 Å². The molecule has 1 aromatic heterocycles. The summed E-state index contributed by atoms with van der Waals surface area (Å²) in [5.74, 6) is 0.510. The molecule has 0 unspecified atom stereocenters. The highest BCUT2D eigenvalue weighted by Gasteiger charge is 2.20. The number of rotatable bonds is 3. The molecular weight excluding hydrogens is 237 g/mol. The molecule has 0 saturated carbocycles. The van der Waals surface area contributed by atoms with Crippen LogP contribution in [0.2, 0.25) is 0 Å². The van der Waals surface area contributed by atoms with E-state index >= 15 is 0 Å². The Hall–Kier alpha value is -2.24. The number of aromatic nitrogens is 2. The Labute approximate surface area is 104 Å². The second-order valence-corrected chi connectivity index (χ2v) is 3.72. The molecule has 0 aliphatic heterocycles. The van der Waals surface area contributed by atoms with Gasteiger partial charge in [0.25, 0.3) is 0 Å². The minimum absolute atomic E-state index is 0.0917. The monoisotopic (exact) mass is 251 g/mol. The average molecular weight is 251 g/mol. The van der Waals surface area contributed by atoms with Gasteiger partial charge in [-0.25, -0.2) is 4.39 Å². The lowest BCUT2D eigenvalue weighted by Gasteiger charge is -2.13. The quantitative estimate of drug-likeness (QED) is 0.903. The van der Waals surface area contributed by atoms with Gasteiger partial charge in [-0.1, -0.05) is 0 Å². The fourth-order valence-corrected chi connectivity index (χ4v) is 1.80. The third kappa shape index (κ3) is 1.75. The van der Waals surface area contributed by atoms with Crippen LogP contribution in [-0.4, -0.2) is 24.0 Å². The summed E-state index contributed by atoms with van der Waals surface area (Å²) >= 11 is 0. The first-order valence-corrected chi connectivity index (χ1v) is 5.28. The molecule has 0 radical (unpaired) electrons. The number of nitrogens with zero attached hydrogens (tertiary/aromatic N) is 2. The van der Waals surface area contributed by atoms with Crippen molar-refractivity contribution in [3.05, 3.63) is 24.1 Å². The molecule has 0 amide bonds. The number of nitrogens with two attached hydrogens (primary N) is 1. The SMILES string of the molecule is COc1ccc(F)c(OC)c1-c1cnn(C)c1N. The highest BCUT2D eigenvalue weighted by Crippen LogP contribution is 2.42. The summed E-state index contributed by atoms with van der Waals surface area (Å²) in [6.45, 7) is 0. The molecule has 1 aromatic carbocycles. The molecule has 0 bridgehead atoms. The summed E-state index contributed by atoms with van der Waals surface area (Å²) in [4.78, 5) is 0. The van der Waals surface area contributed by atoms with Crippen LogP contribution in [0.5, 0.6) is 11.5 Å².